The van der Waals surface area contributed by atoms with E-state index in [0.717, 1.165) is 42.9 Å². The summed E-state index contributed by atoms with van der Waals surface area (Å²) < 4.78 is 11.1. The average Bonchev–Trinajstić information content (AvgIpc) is 3.07. The SMILES string of the molecule is O=C(CCc1cccc(Cl)c1)N1CCC(C2OCCO2)CC1. The van der Waals surface area contributed by atoms with Gasteiger partial charge in [0.2, 0.25) is 5.91 Å². The fourth-order valence-electron chi connectivity index (χ4n) is 3.17. The van der Waals surface area contributed by atoms with Crippen molar-refractivity contribution in [1.29, 1.82) is 0 Å². The van der Waals surface area contributed by atoms with Gasteiger partial charge < -0.3 is 14.4 Å². The molecule has 0 aliphatic carbocycles. The predicted octanol–water partition coefficient (Wildman–Crippen LogP) is 2.88. The molecule has 5 heteroatoms. The number of carbonyl (C=O) groups is 1. The molecule has 0 N–H and O–H groups in total. The summed E-state index contributed by atoms with van der Waals surface area (Å²) in [5.41, 5.74) is 1.11. The highest BCUT2D eigenvalue weighted by atomic mass is 35.5. The third kappa shape index (κ3) is 4.00. The Labute approximate surface area is 136 Å². The number of likely N-dealkylation sites (tertiary alicyclic amines) is 1. The lowest BCUT2D eigenvalue weighted by atomic mass is 9.95. The van der Waals surface area contributed by atoms with Gasteiger partial charge in [0, 0.05) is 30.5 Å². The van der Waals surface area contributed by atoms with Crippen molar-refractivity contribution < 1.29 is 14.3 Å². The lowest BCUT2D eigenvalue weighted by Gasteiger charge is -2.34. The van der Waals surface area contributed by atoms with Crippen molar-refractivity contribution in [2.24, 2.45) is 5.92 Å². The second kappa shape index (κ2) is 7.44. The highest BCUT2D eigenvalue weighted by Crippen LogP contribution is 2.26. The molecule has 1 amide bonds. The number of halogens is 1. The highest BCUT2D eigenvalue weighted by molar-refractivity contribution is 6.30. The third-order valence-electron chi connectivity index (χ3n) is 4.44. The number of piperidine rings is 1. The normalized spacial score (nSPS) is 20.5. The Morgan fingerprint density at radius 2 is 1.95 bits per heavy atom. The van der Waals surface area contributed by atoms with E-state index >= 15 is 0 Å². The summed E-state index contributed by atoms with van der Waals surface area (Å²) in [6.07, 6.45) is 3.17. The number of benzene rings is 1. The molecule has 2 aliphatic rings. The average molecular weight is 324 g/mol. The Morgan fingerprint density at radius 3 is 2.64 bits per heavy atom. The molecule has 1 aromatic rings. The first-order chi connectivity index (χ1) is 10.7. The smallest absolute Gasteiger partial charge is 0.222 e. The Bertz CT molecular complexity index is 508. The molecule has 2 saturated heterocycles. The summed E-state index contributed by atoms with van der Waals surface area (Å²) in [7, 11) is 0. The molecule has 0 saturated carbocycles. The van der Waals surface area contributed by atoms with Crippen LogP contribution < -0.4 is 0 Å². The minimum absolute atomic E-state index is 0.0521. The van der Waals surface area contributed by atoms with Gasteiger partial charge in [-0.2, -0.15) is 0 Å². The maximum atomic E-state index is 12.3. The van der Waals surface area contributed by atoms with Crippen LogP contribution in [0.3, 0.4) is 0 Å². The van der Waals surface area contributed by atoms with Crippen molar-refractivity contribution in [3.05, 3.63) is 34.9 Å². The van der Waals surface area contributed by atoms with Gasteiger partial charge in [-0.1, -0.05) is 23.7 Å². The zero-order chi connectivity index (χ0) is 15.4. The van der Waals surface area contributed by atoms with Crippen molar-refractivity contribution in [2.45, 2.75) is 32.0 Å². The Balaban J connectivity index is 1.43. The minimum Gasteiger partial charge on any atom is -0.350 e. The maximum absolute atomic E-state index is 12.3. The number of hydrogen-bond acceptors (Lipinski definition) is 3. The molecule has 0 atom stereocenters. The first-order valence-electron chi connectivity index (χ1n) is 7.98. The summed E-state index contributed by atoms with van der Waals surface area (Å²) >= 11 is 5.97. The van der Waals surface area contributed by atoms with Gasteiger partial charge in [0.1, 0.15) is 0 Å². The largest absolute Gasteiger partial charge is 0.350 e. The lowest BCUT2D eigenvalue weighted by molar-refractivity contribution is -0.136. The number of rotatable bonds is 4. The highest BCUT2D eigenvalue weighted by Gasteiger charge is 2.31. The van der Waals surface area contributed by atoms with E-state index in [1.54, 1.807) is 0 Å². The monoisotopic (exact) mass is 323 g/mol. The third-order valence-corrected chi connectivity index (χ3v) is 4.68. The Hall–Kier alpha value is -1.10. The van der Waals surface area contributed by atoms with Crippen LogP contribution in [0, 0.1) is 5.92 Å². The Kier molecular flexibility index (Phi) is 5.34. The van der Waals surface area contributed by atoms with E-state index < -0.39 is 0 Å². The van der Waals surface area contributed by atoms with E-state index in [9.17, 15) is 4.79 Å². The van der Waals surface area contributed by atoms with E-state index in [2.05, 4.69) is 0 Å². The van der Waals surface area contributed by atoms with Crippen LogP contribution in [-0.4, -0.2) is 43.4 Å². The van der Waals surface area contributed by atoms with Gasteiger partial charge >= 0.3 is 0 Å². The lowest BCUT2D eigenvalue weighted by Crippen LogP contribution is -2.41. The van der Waals surface area contributed by atoms with Crippen LogP contribution in [0.15, 0.2) is 24.3 Å². The van der Waals surface area contributed by atoms with Crippen molar-refractivity contribution in [3.63, 3.8) is 0 Å². The van der Waals surface area contributed by atoms with Crippen molar-refractivity contribution >= 4 is 17.5 Å². The molecule has 0 aromatic heterocycles. The molecule has 120 valence electrons. The van der Waals surface area contributed by atoms with E-state index in [1.165, 1.54) is 0 Å². The first kappa shape index (κ1) is 15.8. The van der Waals surface area contributed by atoms with Crippen molar-refractivity contribution in [1.82, 2.24) is 4.90 Å². The second-order valence-electron chi connectivity index (χ2n) is 5.96. The number of aryl methyl sites for hydroxylation is 1. The first-order valence-corrected chi connectivity index (χ1v) is 8.35. The van der Waals surface area contributed by atoms with Gasteiger partial charge in [-0.3, -0.25) is 4.79 Å². The van der Waals surface area contributed by atoms with Crippen LogP contribution in [-0.2, 0) is 20.7 Å². The van der Waals surface area contributed by atoms with Crippen LogP contribution in [0.2, 0.25) is 5.02 Å². The van der Waals surface area contributed by atoms with Crippen LogP contribution in [0.5, 0.6) is 0 Å². The fourth-order valence-corrected chi connectivity index (χ4v) is 3.38. The van der Waals surface area contributed by atoms with Gasteiger partial charge in [-0.25, -0.2) is 0 Å². The summed E-state index contributed by atoms with van der Waals surface area (Å²) in [6, 6.07) is 7.72. The molecule has 0 spiro atoms. The zero-order valence-corrected chi connectivity index (χ0v) is 13.4. The fraction of sp³-hybridized carbons (Fsp3) is 0.588. The van der Waals surface area contributed by atoms with Crippen LogP contribution in [0.1, 0.15) is 24.8 Å². The summed E-state index contributed by atoms with van der Waals surface area (Å²) in [6.45, 7) is 3.01. The van der Waals surface area contributed by atoms with Gasteiger partial charge in [0.15, 0.2) is 6.29 Å². The molecule has 0 unspecified atom stereocenters. The van der Waals surface area contributed by atoms with E-state index in [0.29, 0.717) is 25.6 Å². The van der Waals surface area contributed by atoms with E-state index in [1.807, 2.05) is 29.2 Å². The molecule has 0 radical (unpaired) electrons. The van der Waals surface area contributed by atoms with Crippen molar-refractivity contribution in [2.75, 3.05) is 26.3 Å². The van der Waals surface area contributed by atoms with E-state index in [-0.39, 0.29) is 12.2 Å². The standard InChI is InChI=1S/C17H22ClNO3/c18-15-3-1-2-13(12-15)4-5-16(20)19-8-6-14(7-9-19)17-21-10-11-22-17/h1-3,12,14,17H,4-11H2. The number of hydrogen-bond donors (Lipinski definition) is 0. The molecule has 2 aliphatic heterocycles. The minimum atomic E-state index is -0.0521. The zero-order valence-electron chi connectivity index (χ0n) is 12.7. The summed E-state index contributed by atoms with van der Waals surface area (Å²) in [5.74, 6) is 0.658. The second-order valence-corrected chi connectivity index (χ2v) is 6.39. The van der Waals surface area contributed by atoms with Gasteiger partial charge in [-0.15, -0.1) is 0 Å². The molecule has 22 heavy (non-hydrogen) atoms. The van der Waals surface area contributed by atoms with Gasteiger partial charge in [0.25, 0.3) is 0 Å². The number of carbonyl (C=O) groups excluding carboxylic acids is 1. The van der Waals surface area contributed by atoms with Crippen LogP contribution in [0.4, 0.5) is 0 Å². The molecule has 0 bridgehead atoms. The molecule has 1 aromatic carbocycles. The van der Waals surface area contributed by atoms with Gasteiger partial charge in [-0.05, 0) is 37.0 Å². The number of ether oxygens (including phenoxy) is 2. The van der Waals surface area contributed by atoms with Crippen molar-refractivity contribution in [3.8, 4) is 0 Å². The summed E-state index contributed by atoms with van der Waals surface area (Å²) in [5, 5.41) is 0.724. The van der Waals surface area contributed by atoms with E-state index in [4.69, 9.17) is 21.1 Å². The topological polar surface area (TPSA) is 38.8 Å². The molecule has 3 rings (SSSR count). The number of amides is 1. The predicted molar refractivity (Wildman–Crippen MR) is 84.8 cm³/mol. The molecule has 4 nitrogen and oxygen atoms in total. The Morgan fingerprint density at radius 1 is 1.23 bits per heavy atom. The van der Waals surface area contributed by atoms with Crippen LogP contribution >= 0.6 is 11.6 Å². The van der Waals surface area contributed by atoms with Crippen LogP contribution in [0.25, 0.3) is 0 Å². The quantitative estimate of drug-likeness (QED) is 0.855. The molecule has 2 heterocycles. The molecular weight excluding hydrogens is 302 g/mol. The molecule has 2 fully saturated rings. The summed E-state index contributed by atoms with van der Waals surface area (Å²) in [4.78, 5) is 14.3. The number of nitrogens with zero attached hydrogens (tertiary/aromatic N) is 1. The van der Waals surface area contributed by atoms with Gasteiger partial charge in [0.05, 0.1) is 13.2 Å². The molecular formula is C17H22ClNO3. The maximum Gasteiger partial charge on any atom is 0.222 e.